The molecule has 33 heavy (non-hydrogen) atoms. The highest BCUT2D eigenvalue weighted by Gasteiger charge is 2.35. The lowest BCUT2D eigenvalue weighted by atomic mass is 10.1. The first-order chi connectivity index (χ1) is 15.6. The van der Waals surface area contributed by atoms with Gasteiger partial charge in [0.05, 0.1) is 34.4 Å². The van der Waals surface area contributed by atoms with Crippen LogP contribution in [0.1, 0.15) is 15.9 Å². The molecule has 1 aliphatic heterocycles. The van der Waals surface area contributed by atoms with Crippen LogP contribution in [0.3, 0.4) is 0 Å². The molecule has 0 unspecified atom stereocenters. The van der Waals surface area contributed by atoms with Crippen LogP contribution in [0.5, 0.6) is 0 Å². The molecule has 0 bridgehead atoms. The van der Waals surface area contributed by atoms with Crippen LogP contribution in [0, 0.1) is 10.1 Å². The van der Waals surface area contributed by atoms with E-state index in [2.05, 4.69) is 0 Å². The van der Waals surface area contributed by atoms with Gasteiger partial charge in [-0.2, -0.15) is 13.2 Å². The van der Waals surface area contributed by atoms with Crippen molar-refractivity contribution in [2.75, 3.05) is 43.1 Å². The summed E-state index contributed by atoms with van der Waals surface area (Å²) >= 11 is 5.77. The van der Waals surface area contributed by atoms with Crippen LogP contribution in [0.4, 0.5) is 30.2 Å². The second kappa shape index (κ2) is 10.0. The number of hydrogen-bond donors (Lipinski definition) is 1. The van der Waals surface area contributed by atoms with Gasteiger partial charge in [-0.15, -0.1) is 0 Å². The number of halogens is 4. The lowest BCUT2D eigenvalue weighted by Gasteiger charge is -2.29. The zero-order valence-corrected chi connectivity index (χ0v) is 17.6. The average molecular weight is 488 g/mol. The van der Waals surface area contributed by atoms with Gasteiger partial charge in [0.25, 0.3) is 11.6 Å². The molecule has 1 N–H and O–H groups in total. The summed E-state index contributed by atoms with van der Waals surface area (Å²) < 4.78 is 49.5. The van der Waals surface area contributed by atoms with E-state index in [1.165, 1.54) is 12.1 Å². The summed E-state index contributed by atoms with van der Waals surface area (Å²) in [5.74, 6) is -2.28. The molecule has 3 rings (SSSR count). The molecular formula is C20H17ClF3N3O6. The van der Waals surface area contributed by atoms with Gasteiger partial charge < -0.3 is 19.7 Å². The van der Waals surface area contributed by atoms with E-state index in [0.717, 1.165) is 24.3 Å². The number of rotatable bonds is 6. The maximum atomic E-state index is 13.2. The van der Waals surface area contributed by atoms with Gasteiger partial charge in [-0.3, -0.25) is 14.9 Å². The first kappa shape index (κ1) is 24.3. The molecule has 1 amide bonds. The second-order valence-electron chi connectivity index (χ2n) is 6.84. The van der Waals surface area contributed by atoms with E-state index >= 15 is 0 Å². The number of nitro groups is 1. The van der Waals surface area contributed by atoms with E-state index in [0.29, 0.717) is 32.0 Å². The largest absolute Gasteiger partial charge is 0.452 e. The van der Waals surface area contributed by atoms with Crippen LogP contribution in [0.15, 0.2) is 36.4 Å². The summed E-state index contributed by atoms with van der Waals surface area (Å²) in [6.07, 6.45) is -4.79. The molecule has 0 atom stereocenters. The highest BCUT2D eigenvalue weighted by atomic mass is 35.5. The number of para-hydroxylation sites is 1. The first-order valence-electron chi connectivity index (χ1n) is 9.51. The van der Waals surface area contributed by atoms with Crippen molar-refractivity contribution in [3.8, 4) is 0 Å². The molecule has 0 aliphatic carbocycles. The number of nitrogens with zero attached hydrogens (tertiary/aromatic N) is 2. The van der Waals surface area contributed by atoms with Crippen LogP contribution in [0.25, 0.3) is 0 Å². The molecule has 9 nitrogen and oxygen atoms in total. The van der Waals surface area contributed by atoms with Gasteiger partial charge in [0.15, 0.2) is 6.61 Å². The summed E-state index contributed by atoms with van der Waals surface area (Å²) in [6, 6.07) is 6.83. The highest BCUT2D eigenvalue weighted by molar-refractivity contribution is 6.34. The standard InChI is InChI=1S/C20H17ClF3N3O6/c21-15-3-1-2-14(20(22,23)24)18(15)25-17(28)11-33-19(29)13-10-12(4-5-16(13)27(30)31)26-6-8-32-9-7-26/h1-5,10H,6-9,11H2,(H,25,28). The number of amides is 1. The maximum Gasteiger partial charge on any atom is 0.418 e. The Balaban J connectivity index is 1.74. The number of morpholine rings is 1. The third kappa shape index (κ3) is 5.90. The number of hydrogen-bond acceptors (Lipinski definition) is 7. The Morgan fingerprint density at radius 3 is 2.55 bits per heavy atom. The molecule has 0 saturated carbocycles. The lowest BCUT2D eigenvalue weighted by molar-refractivity contribution is -0.385. The van der Waals surface area contributed by atoms with Gasteiger partial charge in [0.2, 0.25) is 0 Å². The molecule has 2 aromatic rings. The maximum absolute atomic E-state index is 13.2. The summed E-state index contributed by atoms with van der Waals surface area (Å²) in [6.45, 7) is 0.917. The quantitative estimate of drug-likeness (QED) is 0.373. The van der Waals surface area contributed by atoms with E-state index < -0.39 is 52.1 Å². The molecule has 1 saturated heterocycles. The number of nitrogens with one attached hydrogen (secondary N) is 1. The monoisotopic (exact) mass is 487 g/mol. The summed E-state index contributed by atoms with van der Waals surface area (Å²) in [5.41, 5.74) is -2.28. The topological polar surface area (TPSA) is 111 Å². The normalized spacial score (nSPS) is 14.0. The van der Waals surface area contributed by atoms with Crippen molar-refractivity contribution in [3.63, 3.8) is 0 Å². The van der Waals surface area contributed by atoms with E-state index in [1.54, 1.807) is 0 Å². The molecule has 2 aromatic carbocycles. The number of benzene rings is 2. The molecule has 0 spiro atoms. The van der Waals surface area contributed by atoms with Crippen LogP contribution in [-0.4, -0.2) is 49.7 Å². The molecule has 1 fully saturated rings. The van der Waals surface area contributed by atoms with Gasteiger partial charge in [-0.1, -0.05) is 17.7 Å². The van der Waals surface area contributed by atoms with Gasteiger partial charge in [-0.25, -0.2) is 4.79 Å². The predicted octanol–water partition coefficient (Wildman–Crippen LogP) is 3.90. The zero-order chi connectivity index (χ0) is 24.2. The minimum atomic E-state index is -4.79. The van der Waals surface area contributed by atoms with Crippen LogP contribution >= 0.6 is 11.6 Å². The highest BCUT2D eigenvalue weighted by Crippen LogP contribution is 2.38. The van der Waals surface area contributed by atoms with Gasteiger partial charge in [0.1, 0.15) is 5.56 Å². The molecule has 1 aliphatic rings. The minimum Gasteiger partial charge on any atom is -0.452 e. The average Bonchev–Trinajstić information content (AvgIpc) is 2.78. The second-order valence-corrected chi connectivity index (χ2v) is 7.25. The van der Waals surface area contributed by atoms with Crippen molar-refractivity contribution in [2.24, 2.45) is 0 Å². The van der Waals surface area contributed by atoms with Gasteiger partial charge >= 0.3 is 12.1 Å². The zero-order valence-electron chi connectivity index (χ0n) is 16.9. The molecule has 176 valence electrons. The summed E-state index contributed by atoms with van der Waals surface area (Å²) in [7, 11) is 0. The fourth-order valence-corrected chi connectivity index (χ4v) is 3.36. The Kier molecular flexibility index (Phi) is 7.39. The molecule has 13 heteroatoms. The summed E-state index contributed by atoms with van der Waals surface area (Å²) in [5, 5.41) is 12.9. The van der Waals surface area contributed by atoms with Crippen LogP contribution in [-0.2, 0) is 20.4 Å². The third-order valence-corrected chi connectivity index (χ3v) is 5.01. The number of ether oxygens (including phenoxy) is 2. The number of nitro benzene ring substituents is 1. The Morgan fingerprint density at radius 2 is 1.91 bits per heavy atom. The fourth-order valence-electron chi connectivity index (χ4n) is 3.14. The van der Waals surface area contributed by atoms with Gasteiger partial charge in [0, 0.05) is 24.8 Å². The van der Waals surface area contributed by atoms with Crippen molar-refractivity contribution < 1.29 is 37.2 Å². The van der Waals surface area contributed by atoms with Crippen molar-refractivity contribution in [3.05, 3.63) is 62.7 Å². The SMILES string of the molecule is O=C(COC(=O)c1cc(N2CCOCC2)ccc1[N+](=O)[O-])Nc1c(Cl)cccc1C(F)(F)F. The Morgan fingerprint density at radius 1 is 1.21 bits per heavy atom. The Hall–Kier alpha value is -3.38. The Bertz CT molecular complexity index is 1070. The molecule has 1 heterocycles. The predicted molar refractivity (Wildman–Crippen MR) is 111 cm³/mol. The third-order valence-electron chi connectivity index (χ3n) is 4.69. The van der Waals surface area contributed by atoms with E-state index in [9.17, 15) is 32.9 Å². The first-order valence-corrected chi connectivity index (χ1v) is 9.89. The number of alkyl halides is 3. The lowest BCUT2D eigenvalue weighted by Crippen LogP contribution is -2.36. The molecule has 0 aromatic heterocycles. The fraction of sp³-hybridized carbons (Fsp3) is 0.300. The van der Waals surface area contributed by atoms with Crippen molar-refractivity contribution >= 4 is 40.5 Å². The smallest absolute Gasteiger partial charge is 0.418 e. The van der Waals surface area contributed by atoms with Crippen LogP contribution in [0.2, 0.25) is 5.02 Å². The van der Waals surface area contributed by atoms with E-state index in [1.807, 2.05) is 10.2 Å². The van der Waals surface area contributed by atoms with Crippen molar-refractivity contribution in [2.45, 2.75) is 6.18 Å². The molecular weight excluding hydrogens is 471 g/mol. The number of esters is 1. The van der Waals surface area contributed by atoms with Crippen molar-refractivity contribution in [1.82, 2.24) is 0 Å². The van der Waals surface area contributed by atoms with E-state index in [-0.39, 0.29) is 5.02 Å². The number of anilines is 2. The summed E-state index contributed by atoms with van der Waals surface area (Å²) in [4.78, 5) is 37.0. The van der Waals surface area contributed by atoms with E-state index in [4.69, 9.17) is 21.1 Å². The van der Waals surface area contributed by atoms with Crippen molar-refractivity contribution in [1.29, 1.82) is 0 Å². The van der Waals surface area contributed by atoms with Crippen LogP contribution < -0.4 is 10.2 Å². The number of carbonyl (C=O) groups is 2. The number of carbonyl (C=O) groups excluding carboxylic acids is 2. The van der Waals surface area contributed by atoms with Gasteiger partial charge in [-0.05, 0) is 24.3 Å². The minimum absolute atomic E-state index is 0.363. The molecule has 0 radical (unpaired) electrons. The Labute approximate surface area is 190 Å².